The number of likely N-dealkylation sites (tertiary alicyclic amines) is 1. The molecule has 0 spiro atoms. The van der Waals surface area contributed by atoms with Crippen molar-refractivity contribution in [2.45, 2.75) is 70.5 Å². The molecule has 1 amide bonds. The number of amides is 1. The zero-order chi connectivity index (χ0) is 17.6. The first-order chi connectivity index (χ1) is 11.9. The van der Waals surface area contributed by atoms with Gasteiger partial charge in [-0.25, -0.2) is 0 Å². The van der Waals surface area contributed by atoms with Crippen molar-refractivity contribution < 1.29 is 4.79 Å². The van der Waals surface area contributed by atoms with Crippen molar-refractivity contribution in [2.24, 2.45) is 0 Å². The molecule has 2 fully saturated rings. The maximum absolute atomic E-state index is 13.1. The Morgan fingerprint density at radius 1 is 1.28 bits per heavy atom. The fourth-order valence-corrected chi connectivity index (χ4v) is 3.77. The minimum atomic E-state index is -0.101. The molecular weight excluding hydrogens is 314 g/mol. The van der Waals surface area contributed by atoms with Crippen LogP contribution in [-0.2, 0) is 12.1 Å². The third-order valence-corrected chi connectivity index (χ3v) is 5.18. The van der Waals surface area contributed by atoms with Crippen LogP contribution < -0.4 is 0 Å². The van der Waals surface area contributed by atoms with E-state index >= 15 is 0 Å². The fraction of sp³-hybridized carbons (Fsp3) is 0.632. The molecule has 2 aliphatic rings. The topological polar surface area (TPSA) is 56.0 Å². The molecule has 0 N–H and O–H groups in total. The van der Waals surface area contributed by atoms with Gasteiger partial charge in [-0.2, -0.15) is 10.2 Å². The SMILES string of the molecule is CC(C)(C)n1nc(C(=O)N2CCC[C@@H]2Cn2cccn2)cc1C1CC1. The summed E-state index contributed by atoms with van der Waals surface area (Å²) in [6.45, 7) is 8.02. The van der Waals surface area contributed by atoms with Crippen LogP contribution in [0, 0.1) is 0 Å². The summed E-state index contributed by atoms with van der Waals surface area (Å²) in [6, 6.07) is 4.17. The number of carbonyl (C=O) groups is 1. The smallest absolute Gasteiger partial charge is 0.274 e. The zero-order valence-electron chi connectivity index (χ0n) is 15.4. The maximum atomic E-state index is 13.1. The first kappa shape index (κ1) is 16.4. The lowest BCUT2D eigenvalue weighted by atomic mass is 10.1. The Balaban J connectivity index is 1.57. The van der Waals surface area contributed by atoms with E-state index in [9.17, 15) is 4.79 Å². The largest absolute Gasteiger partial charge is 0.332 e. The van der Waals surface area contributed by atoms with Gasteiger partial charge in [0.1, 0.15) is 0 Å². The molecule has 2 aromatic heterocycles. The normalized spacial score (nSPS) is 21.1. The molecule has 1 atom stereocenters. The Labute approximate surface area is 148 Å². The van der Waals surface area contributed by atoms with Gasteiger partial charge < -0.3 is 4.90 Å². The minimum absolute atomic E-state index is 0.0690. The fourth-order valence-electron chi connectivity index (χ4n) is 3.77. The Kier molecular flexibility index (Phi) is 3.93. The maximum Gasteiger partial charge on any atom is 0.274 e. The monoisotopic (exact) mass is 341 g/mol. The Morgan fingerprint density at radius 3 is 2.72 bits per heavy atom. The summed E-state index contributed by atoms with van der Waals surface area (Å²) in [7, 11) is 0. The number of hydrogen-bond donors (Lipinski definition) is 0. The Bertz CT molecular complexity index is 751. The highest BCUT2D eigenvalue weighted by molar-refractivity contribution is 5.93. The molecule has 3 heterocycles. The third-order valence-electron chi connectivity index (χ3n) is 5.18. The Hall–Kier alpha value is -2.11. The summed E-state index contributed by atoms with van der Waals surface area (Å²) >= 11 is 0. The molecular formula is C19H27N5O. The standard InChI is InChI=1S/C19H27N5O/c1-19(2,3)24-17(14-7-8-14)12-16(21-24)18(25)23-11-4-6-15(23)13-22-10-5-9-20-22/h5,9-10,12,14-15H,4,6-8,11,13H2,1-3H3/t15-/m1/s1. The van der Waals surface area contributed by atoms with E-state index in [1.807, 2.05) is 27.9 Å². The van der Waals surface area contributed by atoms with Crippen LogP contribution in [-0.4, -0.2) is 43.0 Å². The summed E-state index contributed by atoms with van der Waals surface area (Å²) < 4.78 is 3.98. The Morgan fingerprint density at radius 2 is 2.08 bits per heavy atom. The molecule has 134 valence electrons. The van der Waals surface area contributed by atoms with Gasteiger partial charge in [-0.15, -0.1) is 0 Å². The molecule has 0 unspecified atom stereocenters. The van der Waals surface area contributed by atoms with Gasteiger partial charge >= 0.3 is 0 Å². The van der Waals surface area contributed by atoms with Crippen molar-refractivity contribution in [3.63, 3.8) is 0 Å². The van der Waals surface area contributed by atoms with Crippen LogP contribution in [0.2, 0.25) is 0 Å². The van der Waals surface area contributed by atoms with E-state index in [1.165, 1.54) is 18.5 Å². The van der Waals surface area contributed by atoms with Crippen molar-refractivity contribution in [2.75, 3.05) is 6.54 Å². The molecule has 1 saturated carbocycles. The number of aromatic nitrogens is 4. The van der Waals surface area contributed by atoms with E-state index in [2.05, 4.69) is 30.6 Å². The van der Waals surface area contributed by atoms with Gasteiger partial charge in [0, 0.05) is 30.6 Å². The van der Waals surface area contributed by atoms with Gasteiger partial charge in [0.25, 0.3) is 5.91 Å². The van der Waals surface area contributed by atoms with Crippen LogP contribution in [0.15, 0.2) is 24.5 Å². The third kappa shape index (κ3) is 3.22. The number of carbonyl (C=O) groups excluding carboxylic acids is 1. The summed E-state index contributed by atoms with van der Waals surface area (Å²) in [6.07, 6.45) is 8.24. The van der Waals surface area contributed by atoms with Crippen LogP contribution >= 0.6 is 0 Å². The lowest BCUT2D eigenvalue weighted by Gasteiger charge is -2.24. The van der Waals surface area contributed by atoms with Crippen molar-refractivity contribution in [3.8, 4) is 0 Å². The first-order valence-electron chi connectivity index (χ1n) is 9.32. The molecule has 0 aromatic carbocycles. The second kappa shape index (κ2) is 6.00. The molecule has 1 saturated heterocycles. The zero-order valence-corrected chi connectivity index (χ0v) is 15.4. The van der Waals surface area contributed by atoms with Gasteiger partial charge in [0.05, 0.1) is 18.1 Å². The van der Waals surface area contributed by atoms with Crippen LogP contribution in [0.5, 0.6) is 0 Å². The summed E-state index contributed by atoms with van der Waals surface area (Å²) in [5, 5.41) is 9.01. The van der Waals surface area contributed by atoms with Crippen LogP contribution in [0.4, 0.5) is 0 Å². The second-order valence-electron chi connectivity index (χ2n) is 8.33. The van der Waals surface area contributed by atoms with E-state index < -0.39 is 0 Å². The number of rotatable bonds is 4. The van der Waals surface area contributed by atoms with E-state index in [-0.39, 0.29) is 17.5 Å². The van der Waals surface area contributed by atoms with E-state index in [0.717, 1.165) is 25.9 Å². The van der Waals surface area contributed by atoms with E-state index in [4.69, 9.17) is 5.10 Å². The number of nitrogens with zero attached hydrogens (tertiary/aromatic N) is 5. The van der Waals surface area contributed by atoms with Crippen molar-refractivity contribution >= 4 is 5.91 Å². The molecule has 2 aromatic rings. The summed E-state index contributed by atoms with van der Waals surface area (Å²) in [5.41, 5.74) is 1.72. The van der Waals surface area contributed by atoms with Gasteiger partial charge in [-0.3, -0.25) is 14.2 Å². The highest BCUT2D eigenvalue weighted by atomic mass is 16.2. The lowest BCUT2D eigenvalue weighted by molar-refractivity contribution is 0.0714. The molecule has 6 heteroatoms. The van der Waals surface area contributed by atoms with Gasteiger partial charge in [0.15, 0.2) is 5.69 Å². The molecule has 0 radical (unpaired) electrons. The van der Waals surface area contributed by atoms with Crippen molar-refractivity contribution in [3.05, 3.63) is 35.9 Å². The van der Waals surface area contributed by atoms with Gasteiger partial charge in [0.2, 0.25) is 0 Å². The van der Waals surface area contributed by atoms with Crippen LogP contribution in [0.25, 0.3) is 0 Å². The first-order valence-corrected chi connectivity index (χ1v) is 9.32. The van der Waals surface area contributed by atoms with Gasteiger partial charge in [-0.05, 0) is 58.6 Å². The molecule has 0 bridgehead atoms. The predicted molar refractivity (Wildman–Crippen MR) is 95.5 cm³/mol. The van der Waals surface area contributed by atoms with Crippen LogP contribution in [0.1, 0.15) is 68.6 Å². The van der Waals surface area contributed by atoms with E-state index in [1.54, 1.807) is 6.20 Å². The quantitative estimate of drug-likeness (QED) is 0.859. The molecule has 25 heavy (non-hydrogen) atoms. The molecule has 1 aliphatic heterocycles. The highest BCUT2D eigenvalue weighted by Crippen LogP contribution is 2.42. The molecule has 4 rings (SSSR count). The van der Waals surface area contributed by atoms with Crippen molar-refractivity contribution in [1.29, 1.82) is 0 Å². The average molecular weight is 341 g/mol. The highest BCUT2D eigenvalue weighted by Gasteiger charge is 2.35. The minimum Gasteiger partial charge on any atom is -0.332 e. The molecule has 1 aliphatic carbocycles. The van der Waals surface area contributed by atoms with E-state index in [0.29, 0.717) is 11.6 Å². The predicted octanol–water partition coefficient (Wildman–Crippen LogP) is 3.02. The summed E-state index contributed by atoms with van der Waals surface area (Å²) in [5.74, 6) is 0.645. The summed E-state index contributed by atoms with van der Waals surface area (Å²) in [4.78, 5) is 15.1. The van der Waals surface area contributed by atoms with Gasteiger partial charge in [-0.1, -0.05) is 0 Å². The second-order valence-corrected chi connectivity index (χ2v) is 8.33. The van der Waals surface area contributed by atoms with Crippen LogP contribution in [0.3, 0.4) is 0 Å². The molecule has 6 nitrogen and oxygen atoms in total. The lowest BCUT2D eigenvalue weighted by Crippen LogP contribution is -2.38. The van der Waals surface area contributed by atoms with Crippen molar-refractivity contribution in [1.82, 2.24) is 24.5 Å². The number of hydrogen-bond acceptors (Lipinski definition) is 3. The average Bonchev–Trinajstić information content (AvgIpc) is 2.99.